The summed E-state index contributed by atoms with van der Waals surface area (Å²) >= 11 is 0. The van der Waals surface area contributed by atoms with Crippen LogP contribution < -0.4 is 5.32 Å². The Labute approximate surface area is 103 Å². The van der Waals surface area contributed by atoms with Gasteiger partial charge in [0.2, 0.25) is 0 Å². The molecular formula is C12H23N5. The second-order valence-corrected chi connectivity index (χ2v) is 5.08. The minimum absolute atomic E-state index is 0.386. The van der Waals surface area contributed by atoms with Gasteiger partial charge < -0.3 is 5.32 Å². The smallest absolute Gasteiger partial charge is 0.141 e. The Morgan fingerprint density at radius 2 is 2.35 bits per heavy atom. The average Bonchev–Trinajstić information content (AvgIpc) is 2.77. The maximum absolute atomic E-state index is 4.37. The number of likely N-dealkylation sites (N-methyl/N-ethyl adjacent to an activating group) is 1. The van der Waals surface area contributed by atoms with Gasteiger partial charge in [-0.05, 0) is 40.3 Å². The van der Waals surface area contributed by atoms with E-state index in [-0.39, 0.29) is 0 Å². The van der Waals surface area contributed by atoms with Gasteiger partial charge in [-0.15, -0.1) is 0 Å². The lowest BCUT2D eigenvalue weighted by atomic mass is 10.1. The van der Waals surface area contributed by atoms with Gasteiger partial charge in [-0.3, -0.25) is 4.90 Å². The Morgan fingerprint density at radius 3 is 3.06 bits per heavy atom. The largest absolute Gasteiger partial charge is 0.316 e. The number of nitrogens with zero attached hydrogens (tertiary/aromatic N) is 4. The molecule has 1 aromatic rings. The predicted octanol–water partition coefficient (Wildman–Crippen LogP) is 1.04. The van der Waals surface area contributed by atoms with E-state index in [1.165, 1.54) is 19.4 Å². The molecule has 1 saturated heterocycles. The second-order valence-electron chi connectivity index (χ2n) is 5.08. The summed E-state index contributed by atoms with van der Waals surface area (Å²) in [6, 6.07) is 1.01. The first-order valence-corrected chi connectivity index (χ1v) is 6.48. The molecule has 5 nitrogen and oxygen atoms in total. The third-order valence-electron chi connectivity index (χ3n) is 3.42. The number of aromatic nitrogens is 3. The molecule has 1 fully saturated rings. The minimum atomic E-state index is 0.386. The van der Waals surface area contributed by atoms with Crippen molar-refractivity contribution in [2.24, 2.45) is 0 Å². The monoisotopic (exact) mass is 237 g/mol. The lowest BCUT2D eigenvalue weighted by Gasteiger charge is -2.32. The van der Waals surface area contributed by atoms with E-state index in [9.17, 15) is 0 Å². The molecule has 1 N–H and O–H groups in total. The first-order valence-electron chi connectivity index (χ1n) is 6.48. The minimum Gasteiger partial charge on any atom is -0.316 e. The summed E-state index contributed by atoms with van der Waals surface area (Å²) in [6.07, 6.45) is 4.21. The van der Waals surface area contributed by atoms with Crippen molar-refractivity contribution < 1.29 is 0 Å². The summed E-state index contributed by atoms with van der Waals surface area (Å²) in [4.78, 5) is 6.84. The predicted molar refractivity (Wildman–Crippen MR) is 67.8 cm³/mol. The summed E-state index contributed by atoms with van der Waals surface area (Å²) in [7, 11) is 2.05. The molecule has 0 saturated carbocycles. The zero-order chi connectivity index (χ0) is 12.3. The topological polar surface area (TPSA) is 46.0 Å². The van der Waals surface area contributed by atoms with Gasteiger partial charge in [0.25, 0.3) is 0 Å². The molecule has 1 atom stereocenters. The van der Waals surface area contributed by atoms with Crippen LogP contribution in [-0.2, 0) is 6.54 Å². The molecule has 0 spiro atoms. The fraction of sp³-hybridized carbons (Fsp3) is 0.833. The SMILES string of the molecule is CNC1CCCN(Cc2ncnn2C(C)C)C1. The molecule has 0 radical (unpaired) electrons. The highest BCUT2D eigenvalue weighted by Gasteiger charge is 2.20. The van der Waals surface area contributed by atoms with Gasteiger partial charge in [0.05, 0.1) is 6.54 Å². The Morgan fingerprint density at radius 1 is 1.53 bits per heavy atom. The third kappa shape index (κ3) is 3.04. The van der Waals surface area contributed by atoms with E-state index in [4.69, 9.17) is 0 Å². The third-order valence-corrected chi connectivity index (χ3v) is 3.42. The summed E-state index contributed by atoms with van der Waals surface area (Å²) in [5.41, 5.74) is 0. The zero-order valence-electron chi connectivity index (χ0n) is 11.1. The summed E-state index contributed by atoms with van der Waals surface area (Å²) in [6.45, 7) is 7.48. The molecule has 1 aliphatic rings. The molecule has 1 aliphatic heterocycles. The van der Waals surface area contributed by atoms with Gasteiger partial charge in [0.1, 0.15) is 12.2 Å². The van der Waals surface area contributed by atoms with E-state index in [0.29, 0.717) is 12.1 Å². The Hall–Kier alpha value is -0.940. The van der Waals surface area contributed by atoms with E-state index in [2.05, 4.69) is 34.1 Å². The van der Waals surface area contributed by atoms with Crippen molar-refractivity contribution >= 4 is 0 Å². The fourth-order valence-electron chi connectivity index (χ4n) is 2.45. The van der Waals surface area contributed by atoms with Crippen molar-refractivity contribution in [1.29, 1.82) is 0 Å². The number of nitrogens with one attached hydrogen (secondary N) is 1. The highest BCUT2D eigenvalue weighted by atomic mass is 15.4. The number of hydrogen-bond acceptors (Lipinski definition) is 4. The Kier molecular flexibility index (Phi) is 4.12. The maximum Gasteiger partial charge on any atom is 0.141 e. The number of hydrogen-bond donors (Lipinski definition) is 1. The summed E-state index contributed by atoms with van der Waals surface area (Å²) in [5.74, 6) is 1.08. The Bertz CT molecular complexity index is 346. The molecule has 0 bridgehead atoms. The maximum atomic E-state index is 4.37. The first-order chi connectivity index (χ1) is 8.20. The van der Waals surface area contributed by atoms with E-state index >= 15 is 0 Å². The number of likely N-dealkylation sites (tertiary alicyclic amines) is 1. The van der Waals surface area contributed by atoms with E-state index < -0.39 is 0 Å². The zero-order valence-corrected chi connectivity index (χ0v) is 11.1. The van der Waals surface area contributed by atoms with Crippen LogP contribution in [0.5, 0.6) is 0 Å². The molecule has 2 rings (SSSR count). The van der Waals surface area contributed by atoms with Crippen molar-refractivity contribution in [3.63, 3.8) is 0 Å². The van der Waals surface area contributed by atoms with Crippen LogP contribution in [0.2, 0.25) is 0 Å². The van der Waals surface area contributed by atoms with Crippen LogP contribution in [-0.4, -0.2) is 45.8 Å². The van der Waals surface area contributed by atoms with Crippen LogP contribution in [0.25, 0.3) is 0 Å². The van der Waals surface area contributed by atoms with Crippen molar-refractivity contribution in [2.45, 2.75) is 45.3 Å². The van der Waals surface area contributed by atoms with Gasteiger partial charge in [0, 0.05) is 18.6 Å². The van der Waals surface area contributed by atoms with Gasteiger partial charge >= 0.3 is 0 Å². The van der Waals surface area contributed by atoms with Crippen molar-refractivity contribution in [2.75, 3.05) is 20.1 Å². The van der Waals surface area contributed by atoms with E-state index in [1.54, 1.807) is 6.33 Å². The first kappa shape index (κ1) is 12.5. The molecule has 1 aromatic heterocycles. The molecule has 5 heteroatoms. The van der Waals surface area contributed by atoms with Crippen molar-refractivity contribution in [3.8, 4) is 0 Å². The lowest BCUT2D eigenvalue weighted by molar-refractivity contribution is 0.180. The second kappa shape index (κ2) is 5.60. The fourth-order valence-corrected chi connectivity index (χ4v) is 2.45. The van der Waals surface area contributed by atoms with Crippen LogP contribution in [0.3, 0.4) is 0 Å². The van der Waals surface area contributed by atoms with Gasteiger partial charge in [-0.1, -0.05) is 0 Å². The van der Waals surface area contributed by atoms with Crippen LogP contribution in [0.4, 0.5) is 0 Å². The number of rotatable bonds is 4. The average molecular weight is 237 g/mol. The molecule has 2 heterocycles. The van der Waals surface area contributed by atoms with Crippen LogP contribution in [0.15, 0.2) is 6.33 Å². The molecule has 0 amide bonds. The van der Waals surface area contributed by atoms with Crippen LogP contribution in [0, 0.1) is 0 Å². The summed E-state index contributed by atoms with van der Waals surface area (Å²) in [5, 5.41) is 7.65. The Balaban J connectivity index is 1.98. The van der Waals surface area contributed by atoms with Crippen molar-refractivity contribution in [1.82, 2.24) is 25.0 Å². The van der Waals surface area contributed by atoms with Crippen molar-refractivity contribution in [3.05, 3.63) is 12.2 Å². The molecule has 96 valence electrons. The van der Waals surface area contributed by atoms with E-state index in [0.717, 1.165) is 18.9 Å². The van der Waals surface area contributed by atoms with Gasteiger partial charge in [-0.25, -0.2) is 9.67 Å². The molecule has 1 unspecified atom stereocenters. The highest BCUT2D eigenvalue weighted by molar-refractivity contribution is 4.88. The molecular weight excluding hydrogens is 214 g/mol. The van der Waals surface area contributed by atoms with Crippen LogP contribution >= 0.6 is 0 Å². The number of piperidine rings is 1. The van der Waals surface area contributed by atoms with Gasteiger partial charge in [-0.2, -0.15) is 5.10 Å². The van der Waals surface area contributed by atoms with Crippen LogP contribution in [0.1, 0.15) is 38.6 Å². The highest BCUT2D eigenvalue weighted by Crippen LogP contribution is 2.14. The molecule has 0 aromatic carbocycles. The summed E-state index contributed by atoms with van der Waals surface area (Å²) < 4.78 is 2.02. The lowest BCUT2D eigenvalue weighted by Crippen LogP contribution is -2.44. The molecule has 0 aliphatic carbocycles. The molecule has 17 heavy (non-hydrogen) atoms. The van der Waals surface area contributed by atoms with E-state index in [1.807, 2.05) is 11.7 Å². The standard InChI is InChI=1S/C12H23N5/c1-10(2)17-12(14-9-15-17)8-16-6-4-5-11(7-16)13-3/h9-11,13H,4-8H2,1-3H3. The quantitative estimate of drug-likeness (QED) is 0.850. The van der Waals surface area contributed by atoms with Gasteiger partial charge in [0.15, 0.2) is 0 Å². The normalized spacial score (nSPS) is 22.2.